The Kier molecular flexibility index (Phi) is 7.41. The summed E-state index contributed by atoms with van der Waals surface area (Å²) in [5.74, 6) is 0.492. The number of nitrogens with zero attached hydrogens (tertiary/aromatic N) is 2. The summed E-state index contributed by atoms with van der Waals surface area (Å²) in [4.78, 5) is 22.5. The number of aromatic amines is 1. The summed E-state index contributed by atoms with van der Waals surface area (Å²) in [6.45, 7) is 2.84. The van der Waals surface area contributed by atoms with Crippen molar-refractivity contribution in [1.29, 1.82) is 0 Å². The summed E-state index contributed by atoms with van der Waals surface area (Å²) >= 11 is 0. The van der Waals surface area contributed by atoms with Crippen molar-refractivity contribution >= 4 is 23.0 Å². The van der Waals surface area contributed by atoms with Crippen LogP contribution in [0.4, 0.5) is 0 Å². The van der Waals surface area contributed by atoms with E-state index in [9.17, 15) is 4.79 Å². The van der Waals surface area contributed by atoms with Crippen LogP contribution in [0.1, 0.15) is 29.5 Å². The van der Waals surface area contributed by atoms with Crippen LogP contribution < -0.4 is 15.2 Å². The third-order valence-electron chi connectivity index (χ3n) is 6.32. The Labute approximate surface area is 211 Å². The molecule has 2 heterocycles. The van der Waals surface area contributed by atoms with Gasteiger partial charge in [-0.05, 0) is 55.1 Å². The number of fused-ring (bicyclic) bond motifs is 1. The fourth-order valence-corrected chi connectivity index (χ4v) is 4.35. The lowest BCUT2D eigenvalue weighted by Gasteiger charge is -2.16. The molecule has 0 bridgehead atoms. The van der Waals surface area contributed by atoms with Gasteiger partial charge < -0.3 is 25.1 Å². The van der Waals surface area contributed by atoms with E-state index in [1.54, 1.807) is 14.2 Å². The second-order valence-corrected chi connectivity index (χ2v) is 9.10. The number of methoxy groups -OCH3 is 2. The van der Waals surface area contributed by atoms with Gasteiger partial charge in [-0.3, -0.25) is 4.79 Å². The van der Waals surface area contributed by atoms with Crippen molar-refractivity contribution < 1.29 is 14.3 Å². The van der Waals surface area contributed by atoms with Gasteiger partial charge >= 0.3 is 0 Å². The number of nitrogens with two attached hydrogens (primary N) is 1. The van der Waals surface area contributed by atoms with Crippen molar-refractivity contribution in [1.82, 2.24) is 14.9 Å². The Bertz CT molecular complexity index is 1400. The largest absolute Gasteiger partial charge is 0.493 e. The molecule has 0 radical (unpaired) electrons. The normalized spacial score (nSPS) is 12.7. The Hall–Kier alpha value is -4.10. The smallest absolute Gasteiger partial charge is 0.245 e. The highest BCUT2D eigenvalue weighted by atomic mass is 16.5. The van der Waals surface area contributed by atoms with Crippen molar-refractivity contribution in [2.24, 2.45) is 5.73 Å². The van der Waals surface area contributed by atoms with Crippen molar-refractivity contribution in [2.45, 2.75) is 19.4 Å². The number of pyridine rings is 1. The van der Waals surface area contributed by atoms with Crippen LogP contribution in [0.2, 0.25) is 0 Å². The standard InChI is InChI=1S/C29H32N4O3/c1-18(21-10-11-26(35-4)27(14-21)36-5)24(28(30)34)13-23-16-32-29-25(23)12-22(15-31-29)20-8-6-19(7-9-20)17-33(2)3/h6-16,18H,17H2,1-5H3,(H2,30,34)(H,31,32). The summed E-state index contributed by atoms with van der Waals surface area (Å²) in [6, 6.07) is 16.2. The molecule has 0 aliphatic carbocycles. The van der Waals surface area contributed by atoms with Gasteiger partial charge in [0.05, 0.1) is 14.2 Å². The maximum absolute atomic E-state index is 12.5. The van der Waals surface area contributed by atoms with Gasteiger partial charge in [-0.1, -0.05) is 37.3 Å². The number of aromatic nitrogens is 2. The molecule has 3 N–H and O–H groups in total. The highest BCUT2D eigenvalue weighted by Crippen LogP contribution is 2.34. The van der Waals surface area contributed by atoms with E-state index in [0.717, 1.165) is 39.8 Å². The SMILES string of the molecule is COc1ccc(C(C)C(=Cc2c[nH]c3ncc(-c4ccc(CN(C)C)cc4)cc23)C(N)=O)cc1OC. The highest BCUT2D eigenvalue weighted by Gasteiger charge is 2.19. The zero-order chi connectivity index (χ0) is 25.8. The van der Waals surface area contributed by atoms with Crippen molar-refractivity contribution in [3.63, 3.8) is 0 Å². The first-order chi connectivity index (χ1) is 17.3. The fourth-order valence-electron chi connectivity index (χ4n) is 4.35. The number of benzene rings is 2. The fraction of sp³-hybridized carbons (Fsp3) is 0.241. The van der Waals surface area contributed by atoms with Crippen molar-refractivity contribution in [2.75, 3.05) is 28.3 Å². The average Bonchev–Trinajstić information content (AvgIpc) is 3.28. The molecular weight excluding hydrogens is 452 g/mol. The molecule has 0 aliphatic rings. The number of rotatable bonds is 9. The first-order valence-electron chi connectivity index (χ1n) is 11.7. The van der Waals surface area contributed by atoms with E-state index in [1.165, 1.54) is 5.56 Å². The van der Waals surface area contributed by atoms with Crippen molar-refractivity contribution in [3.8, 4) is 22.6 Å². The van der Waals surface area contributed by atoms with Crippen LogP contribution in [-0.4, -0.2) is 49.1 Å². The topological polar surface area (TPSA) is 93.5 Å². The Morgan fingerprint density at radius 2 is 1.78 bits per heavy atom. The molecule has 0 fully saturated rings. The Morgan fingerprint density at radius 1 is 1.06 bits per heavy atom. The van der Waals surface area contributed by atoms with E-state index in [2.05, 4.69) is 59.3 Å². The second-order valence-electron chi connectivity index (χ2n) is 9.10. The van der Waals surface area contributed by atoms with Gasteiger partial charge in [0.2, 0.25) is 5.91 Å². The number of H-pyrrole nitrogens is 1. The van der Waals surface area contributed by atoms with E-state index in [4.69, 9.17) is 15.2 Å². The predicted octanol–water partition coefficient (Wildman–Crippen LogP) is 4.98. The van der Waals surface area contributed by atoms with Crippen LogP contribution in [0.15, 0.2) is 66.5 Å². The Morgan fingerprint density at radius 3 is 2.42 bits per heavy atom. The van der Waals surface area contributed by atoms with Crippen LogP contribution >= 0.6 is 0 Å². The van der Waals surface area contributed by atoms with E-state index >= 15 is 0 Å². The number of primary amides is 1. The third-order valence-corrected chi connectivity index (χ3v) is 6.32. The molecule has 4 aromatic rings. The van der Waals surface area contributed by atoms with Crippen LogP contribution in [-0.2, 0) is 11.3 Å². The van der Waals surface area contributed by atoms with Gasteiger partial charge in [-0.25, -0.2) is 4.98 Å². The molecule has 2 aromatic carbocycles. The number of amides is 1. The van der Waals surface area contributed by atoms with Crippen LogP contribution in [0.3, 0.4) is 0 Å². The summed E-state index contributed by atoms with van der Waals surface area (Å²) in [5, 5.41) is 0.920. The molecule has 0 aliphatic heterocycles. The zero-order valence-electron chi connectivity index (χ0n) is 21.3. The average molecular weight is 485 g/mol. The summed E-state index contributed by atoms with van der Waals surface area (Å²) in [6.07, 6.45) is 5.55. The van der Waals surface area contributed by atoms with E-state index < -0.39 is 5.91 Å². The molecule has 7 nitrogen and oxygen atoms in total. The second kappa shape index (κ2) is 10.7. The molecule has 7 heteroatoms. The Balaban J connectivity index is 1.71. The maximum Gasteiger partial charge on any atom is 0.245 e. The predicted molar refractivity (Wildman–Crippen MR) is 144 cm³/mol. The van der Waals surface area contributed by atoms with Crippen LogP contribution in [0, 0.1) is 0 Å². The first-order valence-corrected chi connectivity index (χ1v) is 11.7. The molecule has 0 saturated carbocycles. The molecule has 186 valence electrons. The lowest BCUT2D eigenvalue weighted by molar-refractivity contribution is -0.114. The molecule has 0 spiro atoms. The highest BCUT2D eigenvalue weighted by molar-refractivity contribution is 6.01. The number of hydrogen-bond donors (Lipinski definition) is 2. The third kappa shape index (κ3) is 5.26. The summed E-state index contributed by atoms with van der Waals surface area (Å²) in [7, 11) is 7.29. The van der Waals surface area contributed by atoms with Gasteiger partial charge in [0.15, 0.2) is 11.5 Å². The van der Waals surface area contributed by atoms with Gasteiger partial charge in [0.25, 0.3) is 0 Å². The summed E-state index contributed by atoms with van der Waals surface area (Å²) in [5.41, 5.74) is 12.2. The van der Waals surface area contributed by atoms with Gasteiger partial charge in [0, 0.05) is 46.9 Å². The zero-order valence-corrected chi connectivity index (χ0v) is 21.3. The van der Waals surface area contributed by atoms with Gasteiger partial charge in [-0.15, -0.1) is 0 Å². The maximum atomic E-state index is 12.5. The summed E-state index contributed by atoms with van der Waals surface area (Å²) < 4.78 is 10.8. The molecule has 2 aromatic heterocycles. The van der Waals surface area contributed by atoms with E-state index in [1.807, 2.05) is 43.6 Å². The lowest BCUT2D eigenvalue weighted by Crippen LogP contribution is -2.18. The number of ether oxygens (including phenoxy) is 2. The number of nitrogens with one attached hydrogen (secondary N) is 1. The van der Waals surface area contributed by atoms with Crippen molar-refractivity contribution in [3.05, 3.63) is 83.2 Å². The van der Waals surface area contributed by atoms with Gasteiger partial charge in [0.1, 0.15) is 5.65 Å². The molecule has 36 heavy (non-hydrogen) atoms. The molecule has 4 rings (SSSR count). The first kappa shape index (κ1) is 25.0. The molecule has 1 amide bonds. The number of hydrogen-bond acceptors (Lipinski definition) is 5. The molecule has 1 unspecified atom stereocenters. The minimum atomic E-state index is -0.479. The van der Waals surface area contributed by atoms with Crippen LogP contribution in [0.5, 0.6) is 11.5 Å². The van der Waals surface area contributed by atoms with Crippen LogP contribution in [0.25, 0.3) is 28.2 Å². The molecular formula is C29H32N4O3. The lowest BCUT2D eigenvalue weighted by atomic mass is 9.90. The number of carbonyl (C=O) groups excluding carboxylic acids is 1. The van der Waals surface area contributed by atoms with E-state index in [-0.39, 0.29) is 5.92 Å². The minimum Gasteiger partial charge on any atom is -0.493 e. The quantitative estimate of drug-likeness (QED) is 0.327. The van der Waals surface area contributed by atoms with E-state index in [0.29, 0.717) is 17.1 Å². The molecule has 0 saturated heterocycles. The minimum absolute atomic E-state index is 0.257. The van der Waals surface area contributed by atoms with Gasteiger partial charge in [-0.2, -0.15) is 0 Å². The number of carbonyl (C=O) groups is 1. The molecule has 1 atom stereocenters. The monoisotopic (exact) mass is 484 g/mol.